The molecular formula is C33H52O3. The maximum absolute atomic E-state index is 11.7. The Labute approximate surface area is 221 Å². The van der Waals surface area contributed by atoms with Gasteiger partial charge in [0.1, 0.15) is 0 Å². The quantitative estimate of drug-likeness (QED) is 0.170. The molecule has 1 N–H and O–H groups in total. The van der Waals surface area contributed by atoms with Crippen molar-refractivity contribution in [1.82, 2.24) is 0 Å². The van der Waals surface area contributed by atoms with E-state index in [0.717, 1.165) is 30.1 Å². The van der Waals surface area contributed by atoms with Crippen LogP contribution in [-0.4, -0.2) is 24.3 Å². The highest BCUT2D eigenvalue weighted by Crippen LogP contribution is 2.48. The molecule has 3 rings (SSSR count). The van der Waals surface area contributed by atoms with Crippen LogP contribution in [0.5, 0.6) is 0 Å². The predicted octanol–water partition coefficient (Wildman–Crippen LogP) is 8.25. The summed E-state index contributed by atoms with van der Waals surface area (Å²) in [6.07, 6.45) is 16.7. The number of ether oxygens (including phenoxy) is 1. The Hall–Kier alpha value is -1.61. The number of benzene rings is 1. The molecule has 3 nitrogen and oxygen atoms in total. The normalized spacial score (nSPS) is 27.4. The lowest BCUT2D eigenvalue weighted by atomic mass is 9.62. The lowest BCUT2D eigenvalue weighted by Crippen LogP contribution is -2.33. The highest BCUT2D eigenvalue weighted by atomic mass is 16.5. The lowest BCUT2D eigenvalue weighted by molar-refractivity contribution is -0.141. The van der Waals surface area contributed by atoms with Crippen LogP contribution >= 0.6 is 0 Å². The van der Waals surface area contributed by atoms with E-state index in [1.807, 2.05) is 0 Å². The molecule has 36 heavy (non-hydrogen) atoms. The zero-order chi connectivity index (χ0) is 25.9. The smallest absolute Gasteiger partial charge is 0.333 e. The highest BCUT2D eigenvalue weighted by molar-refractivity contribution is 5.86. The van der Waals surface area contributed by atoms with Crippen LogP contribution in [0.25, 0.3) is 0 Å². The number of esters is 1. The lowest BCUT2D eigenvalue weighted by Gasteiger charge is -2.43. The molecule has 4 unspecified atom stereocenters. The first-order valence-corrected chi connectivity index (χ1v) is 15.0. The number of unbranched alkanes of at least 4 members (excludes halogenated alkanes) is 2. The predicted molar refractivity (Wildman–Crippen MR) is 150 cm³/mol. The molecule has 1 aromatic rings. The van der Waals surface area contributed by atoms with Gasteiger partial charge in [-0.05, 0) is 105 Å². The Morgan fingerprint density at radius 1 is 1.06 bits per heavy atom. The first-order valence-electron chi connectivity index (χ1n) is 15.0. The standard InChI is InChI=1S/C33H52O3/c1-5-7-8-9-25-10-13-29(14-11-25)30-15-17-31(18-16-30)32-19-12-26(21-28(32)6-2)20-27(22-34)23-36-33(35)24(3)4/h10-11,13-14,26-28,30-32,34H,3,5-9,12,15-23H2,1-2,4H3. The third-order valence-corrected chi connectivity index (χ3v) is 9.30. The molecule has 1 aromatic carbocycles. The third kappa shape index (κ3) is 8.47. The Morgan fingerprint density at radius 2 is 1.78 bits per heavy atom. The molecular weight excluding hydrogens is 444 g/mol. The van der Waals surface area contributed by atoms with Crippen molar-refractivity contribution in [1.29, 1.82) is 0 Å². The van der Waals surface area contributed by atoms with Gasteiger partial charge in [-0.3, -0.25) is 0 Å². The van der Waals surface area contributed by atoms with E-state index in [-0.39, 0.29) is 18.5 Å². The second-order valence-corrected chi connectivity index (χ2v) is 12.0. The molecule has 0 aromatic heterocycles. The molecule has 0 amide bonds. The summed E-state index contributed by atoms with van der Waals surface area (Å²) in [7, 11) is 0. The van der Waals surface area contributed by atoms with Crippen molar-refractivity contribution in [3.05, 3.63) is 47.5 Å². The Kier molecular flexibility index (Phi) is 12.0. The molecule has 0 bridgehead atoms. The molecule has 202 valence electrons. The largest absolute Gasteiger partial charge is 0.462 e. The average Bonchev–Trinajstić information content (AvgIpc) is 2.91. The maximum Gasteiger partial charge on any atom is 0.333 e. The summed E-state index contributed by atoms with van der Waals surface area (Å²) in [5.41, 5.74) is 3.49. The number of carbonyl (C=O) groups is 1. The minimum absolute atomic E-state index is 0.0424. The molecule has 0 aliphatic heterocycles. The van der Waals surface area contributed by atoms with Gasteiger partial charge < -0.3 is 9.84 Å². The summed E-state index contributed by atoms with van der Waals surface area (Å²) in [4.78, 5) is 11.7. The van der Waals surface area contributed by atoms with Gasteiger partial charge in [-0.15, -0.1) is 0 Å². The van der Waals surface area contributed by atoms with Gasteiger partial charge in [0.15, 0.2) is 0 Å². The van der Waals surface area contributed by atoms with Gasteiger partial charge in [0.25, 0.3) is 0 Å². The van der Waals surface area contributed by atoms with Crippen molar-refractivity contribution >= 4 is 5.97 Å². The second kappa shape index (κ2) is 15.0. The van der Waals surface area contributed by atoms with Crippen LogP contribution in [0.2, 0.25) is 0 Å². The molecule has 2 fully saturated rings. The van der Waals surface area contributed by atoms with Crippen molar-refractivity contribution in [3.63, 3.8) is 0 Å². The van der Waals surface area contributed by atoms with Crippen LogP contribution in [0, 0.1) is 29.6 Å². The van der Waals surface area contributed by atoms with Gasteiger partial charge in [0.2, 0.25) is 0 Å². The van der Waals surface area contributed by atoms with Gasteiger partial charge in [0.05, 0.1) is 6.61 Å². The average molecular weight is 497 g/mol. The fraction of sp³-hybridized carbons (Fsp3) is 0.727. The van der Waals surface area contributed by atoms with Crippen LogP contribution in [0.1, 0.15) is 115 Å². The van der Waals surface area contributed by atoms with Crippen molar-refractivity contribution in [2.24, 2.45) is 29.6 Å². The SMILES string of the molecule is C=C(C)C(=O)OCC(CO)CC1CCC(C2CCC(c3ccc(CCCCC)cc3)CC2)C(CC)C1. The van der Waals surface area contributed by atoms with Gasteiger partial charge in [-0.1, -0.05) is 70.4 Å². The highest BCUT2D eigenvalue weighted by Gasteiger charge is 2.37. The first-order chi connectivity index (χ1) is 17.4. The molecule has 0 radical (unpaired) electrons. The molecule has 2 aliphatic carbocycles. The molecule has 3 heteroatoms. The monoisotopic (exact) mass is 496 g/mol. The van der Waals surface area contributed by atoms with E-state index in [4.69, 9.17) is 4.74 Å². The molecule has 0 heterocycles. The second-order valence-electron chi connectivity index (χ2n) is 12.0. The number of aliphatic hydroxyl groups excluding tert-OH is 1. The van der Waals surface area contributed by atoms with Crippen molar-refractivity contribution < 1.29 is 14.6 Å². The Morgan fingerprint density at radius 3 is 2.39 bits per heavy atom. The summed E-state index contributed by atoms with van der Waals surface area (Å²) < 4.78 is 5.34. The zero-order valence-electron chi connectivity index (χ0n) is 23.4. The molecule has 0 saturated heterocycles. The summed E-state index contributed by atoms with van der Waals surface area (Å²) in [5, 5.41) is 9.86. The van der Waals surface area contributed by atoms with E-state index < -0.39 is 0 Å². The number of hydrogen-bond acceptors (Lipinski definition) is 3. The Balaban J connectivity index is 1.45. The van der Waals surface area contributed by atoms with Crippen molar-refractivity contribution in [2.45, 2.75) is 110 Å². The van der Waals surface area contributed by atoms with Gasteiger partial charge in [0, 0.05) is 18.1 Å². The van der Waals surface area contributed by atoms with E-state index in [1.54, 1.807) is 12.5 Å². The minimum Gasteiger partial charge on any atom is -0.462 e. The minimum atomic E-state index is -0.345. The fourth-order valence-corrected chi connectivity index (χ4v) is 7.09. The molecule has 4 atom stereocenters. The third-order valence-electron chi connectivity index (χ3n) is 9.30. The topological polar surface area (TPSA) is 46.5 Å². The van der Waals surface area contributed by atoms with Gasteiger partial charge >= 0.3 is 5.97 Å². The number of hydrogen-bond donors (Lipinski definition) is 1. The van der Waals surface area contributed by atoms with Gasteiger partial charge in [-0.25, -0.2) is 4.79 Å². The summed E-state index contributed by atoms with van der Waals surface area (Å²) in [6.45, 7) is 10.4. The first kappa shape index (κ1) is 29.0. The molecule has 2 aliphatic rings. The summed E-state index contributed by atoms with van der Waals surface area (Å²) in [6, 6.07) is 9.59. The number of rotatable bonds is 13. The number of carbonyl (C=O) groups excluding carboxylic acids is 1. The van der Waals surface area contributed by atoms with E-state index in [1.165, 1.54) is 82.6 Å². The van der Waals surface area contributed by atoms with Crippen LogP contribution in [0.4, 0.5) is 0 Å². The van der Waals surface area contributed by atoms with Crippen LogP contribution < -0.4 is 0 Å². The summed E-state index contributed by atoms with van der Waals surface area (Å²) in [5.74, 6) is 3.62. The van der Waals surface area contributed by atoms with Crippen molar-refractivity contribution in [2.75, 3.05) is 13.2 Å². The van der Waals surface area contributed by atoms with E-state index in [9.17, 15) is 9.90 Å². The number of aliphatic hydroxyl groups is 1. The van der Waals surface area contributed by atoms with E-state index in [0.29, 0.717) is 18.1 Å². The fourth-order valence-electron chi connectivity index (χ4n) is 7.09. The van der Waals surface area contributed by atoms with E-state index in [2.05, 4.69) is 44.7 Å². The van der Waals surface area contributed by atoms with Gasteiger partial charge in [-0.2, -0.15) is 0 Å². The molecule has 0 spiro atoms. The van der Waals surface area contributed by atoms with Crippen molar-refractivity contribution in [3.8, 4) is 0 Å². The van der Waals surface area contributed by atoms with E-state index >= 15 is 0 Å². The van der Waals surface area contributed by atoms with Crippen LogP contribution in [0.3, 0.4) is 0 Å². The molecule has 2 saturated carbocycles. The summed E-state index contributed by atoms with van der Waals surface area (Å²) >= 11 is 0. The maximum atomic E-state index is 11.7. The van der Waals surface area contributed by atoms with Crippen LogP contribution in [0.15, 0.2) is 36.4 Å². The van der Waals surface area contributed by atoms with Crippen LogP contribution in [-0.2, 0) is 16.0 Å². The zero-order valence-corrected chi connectivity index (χ0v) is 23.4. The Bertz CT molecular complexity index is 790. The number of aryl methyl sites for hydroxylation is 1.